The maximum Gasteiger partial charge on any atom is 3.00 e. The van der Waals surface area contributed by atoms with Crippen LogP contribution in [0.3, 0.4) is 0 Å². The molecule has 0 aliphatic carbocycles. The fourth-order valence-electron chi connectivity index (χ4n) is 2.53. The molecular formula is C20H8MnN4Y4-3. The van der Waals surface area contributed by atoms with Gasteiger partial charge in [-0.3, -0.25) is 22.1 Å². The quantitative estimate of drug-likeness (QED) is 0.183. The predicted molar refractivity (Wildman–Crippen MR) is 92.1 cm³/mol. The fraction of sp³-hybridized carbons (Fsp3) is 0. The van der Waals surface area contributed by atoms with Gasteiger partial charge in [0.25, 0.3) is 0 Å². The van der Waals surface area contributed by atoms with Crippen LogP contribution in [0.5, 0.6) is 0 Å². The minimum atomic E-state index is 0. The number of aromatic nitrogens is 4. The number of hydrogen-bond acceptors (Lipinski definition) is 2. The minimum Gasteiger partial charge on any atom is -0.702 e. The molecule has 5 rings (SSSR count). The van der Waals surface area contributed by atoms with Gasteiger partial charge in [0.15, 0.2) is 0 Å². The Bertz CT molecular complexity index is 1010. The monoisotopic (exact) mass is 715 g/mol. The van der Waals surface area contributed by atoms with E-state index in [1.54, 1.807) is 0 Å². The van der Waals surface area contributed by atoms with Crippen molar-refractivity contribution in [3.8, 4) is 0 Å². The summed E-state index contributed by atoms with van der Waals surface area (Å²) in [6, 6.07) is 20.2. The molecule has 0 fully saturated rings. The van der Waals surface area contributed by atoms with Gasteiger partial charge in [-0.2, -0.15) is 48.6 Å². The van der Waals surface area contributed by atoms with Crippen molar-refractivity contribution in [1.82, 2.24) is 19.9 Å². The van der Waals surface area contributed by atoms with Gasteiger partial charge in [0, 0.05) is 131 Å². The summed E-state index contributed by atoms with van der Waals surface area (Å²) < 4.78 is 0. The van der Waals surface area contributed by atoms with E-state index < -0.39 is 0 Å². The molecule has 0 saturated carbocycles. The Kier molecular flexibility index (Phi) is 14.7. The summed E-state index contributed by atoms with van der Waals surface area (Å²) in [4.78, 5) is 17.9. The topological polar surface area (TPSA) is 54.0 Å². The second-order valence-corrected chi connectivity index (χ2v) is 5.36. The molecule has 4 nitrogen and oxygen atoms in total. The van der Waals surface area contributed by atoms with E-state index in [1.807, 2.05) is 48.6 Å². The molecule has 3 aromatic rings. The summed E-state index contributed by atoms with van der Waals surface area (Å²) in [5.74, 6) is 0. The van der Waals surface area contributed by atoms with Gasteiger partial charge in [-0.15, -0.1) is 0 Å². The van der Waals surface area contributed by atoms with E-state index in [-0.39, 0.29) is 148 Å². The van der Waals surface area contributed by atoms with Crippen molar-refractivity contribution in [1.29, 1.82) is 0 Å². The normalized spacial score (nSPS) is 10.5. The van der Waals surface area contributed by atoms with Crippen molar-refractivity contribution in [3.63, 3.8) is 0 Å². The Balaban J connectivity index is 0.00000157. The summed E-state index contributed by atoms with van der Waals surface area (Å²) in [6.07, 6.45) is 7.54. The first-order valence-corrected chi connectivity index (χ1v) is 7.43. The van der Waals surface area contributed by atoms with Crippen molar-refractivity contribution < 1.29 is 148 Å². The van der Waals surface area contributed by atoms with Crippen molar-refractivity contribution in [3.05, 3.63) is 71.3 Å². The van der Waals surface area contributed by atoms with E-state index in [9.17, 15) is 0 Å². The third-order valence-corrected chi connectivity index (χ3v) is 3.58. The molecule has 0 spiro atoms. The first kappa shape index (κ1) is 30.5. The Labute approximate surface area is 280 Å². The first-order chi connectivity index (χ1) is 11.8. The molecule has 130 valence electrons. The van der Waals surface area contributed by atoms with Crippen molar-refractivity contribution >= 4 is 46.4 Å². The third-order valence-electron chi connectivity index (χ3n) is 3.58. The third kappa shape index (κ3) is 7.81. The van der Waals surface area contributed by atoms with E-state index in [0.717, 1.165) is 0 Å². The average Bonchev–Trinajstić information content (AvgIpc) is 3.32. The Morgan fingerprint density at radius 1 is 0.483 bits per heavy atom. The molecule has 0 N–H and O–H groups in total. The summed E-state index contributed by atoms with van der Waals surface area (Å²) in [5.41, 5.74) is 5.72. The molecule has 0 atom stereocenters. The van der Waals surface area contributed by atoms with Crippen LogP contribution < -0.4 is 9.97 Å². The summed E-state index contributed by atoms with van der Waals surface area (Å²) in [5, 5.41) is 0. The summed E-state index contributed by atoms with van der Waals surface area (Å²) >= 11 is 0. The minimum absolute atomic E-state index is 0. The van der Waals surface area contributed by atoms with Gasteiger partial charge in [-0.1, -0.05) is 22.8 Å². The predicted octanol–water partition coefficient (Wildman–Crippen LogP) is 3.10. The Morgan fingerprint density at radius 3 is 0.966 bits per heavy atom. The Morgan fingerprint density at radius 2 is 0.724 bits per heavy atom. The zero-order chi connectivity index (χ0) is 15.9. The van der Waals surface area contributed by atoms with Crippen LogP contribution in [-0.4, -0.2) is 9.97 Å². The molecular weight excluding hydrogens is 707 g/mol. The molecule has 8 bridgehead atoms. The van der Waals surface area contributed by atoms with E-state index in [4.69, 9.17) is 0 Å². The molecule has 0 amide bonds. The van der Waals surface area contributed by atoms with Gasteiger partial charge in [0.05, 0.1) is 0 Å². The van der Waals surface area contributed by atoms with E-state index in [2.05, 4.69) is 44.2 Å². The standard InChI is InChI=1S/C20H8N4.Mn.4Y/c1-2-14-10-16-5-6-18(23-16)12-20-8-7-19(24-20)11-17-4-3-15(22-17)9-13(1)21-14;;;;;/h1-8H;;;;;/q-6;+3;;;;. The van der Waals surface area contributed by atoms with E-state index >= 15 is 0 Å². The van der Waals surface area contributed by atoms with Crippen LogP contribution in [0.25, 0.3) is 46.4 Å². The molecule has 4 radical (unpaired) electrons. The molecule has 9 heteroatoms. The van der Waals surface area contributed by atoms with Crippen LogP contribution >= 0.6 is 0 Å². The van der Waals surface area contributed by atoms with Gasteiger partial charge in [-0.25, -0.2) is 24.3 Å². The van der Waals surface area contributed by atoms with Gasteiger partial charge < -0.3 is 19.9 Å². The summed E-state index contributed by atoms with van der Waals surface area (Å²) in [6.45, 7) is 0. The van der Waals surface area contributed by atoms with Crippen molar-refractivity contribution in [2.45, 2.75) is 0 Å². The zero-order valence-corrected chi connectivity index (χ0v) is 27.6. The maximum absolute atomic E-state index is 4.46. The van der Waals surface area contributed by atoms with Crippen molar-refractivity contribution in [2.75, 3.05) is 0 Å². The van der Waals surface area contributed by atoms with Crippen LogP contribution in [0.4, 0.5) is 0 Å². The van der Waals surface area contributed by atoms with Gasteiger partial charge in [0.2, 0.25) is 0 Å². The Hall–Kier alpha value is 1.54. The average molecular weight is 715 g/mol. The first-order valence-electron chi connectivity index (χ1n) is 7.43. The van der Waals surface area contributed by atoms with Gasteiger partial charge in [0.1, 0.15) is 0 Å². The van der Waals surface area contributed by atoms with Crippen molar-refractivity contribution in [2.24, 2.45) is 0 Å². The molecule has 5 heterocycles. The number of nitrogens with zero attached hydrogens (tertiary/aromatic N) is 4. The second kappa shape index (κ2) is 13.9. The fourth-order valence-corrected chi connectivity index (χ4v) is 2.53. The molecule has 0 unspecified atom stereocenters. The maximum atomic E-state index is 4.46. The zero-order valence-electron chi connectivity index (χ0n) is 15.1. The van der Waals surface area contributed by atoms with Crippen LogP contribution in [0.15, 0.2) is 24.3 Å². The SMILES string of the molecule is [Mn+3].[Y].[Y].[Y].[Y].[c-]1c2nc([c-]c3ccc([c-]c4nc([c-]c5ccc1[n-]5)C=C4)[n-]3)C=C2. The second-order valence-electron chi connectivity index (χ2n) is 5.36. The van der Waals surface area contributed by atoms with E-state index in [1.165, 1.54) is 0 Å². The summed E-state index contributed by atoms with van der Waals surface area (Å²) in [7, 11) is 0. The number of fused-ring (bicyclic) bond motifs is 8. The van der Waals surface area contributed by atoms with Crippen LogP contribution in [0.1, 0.15) is 22.8 Å². The molecule has 2 aliphatic rings. The van der Waals surface area contributed by atoms with Crippen LogP contribution in [0.2, 0.25) is 0 Å². The number of rotatable bonds is 0. The number of hydrogen-bond donors (Lipinski definition) is 0. The van der Waals surface area contributed by atoms with Gasteiger partial charge in [-0.05, 0) is 0 Å². The molecule has 3 aromatic heterocycles. The molecule has 2 aliphatic heterocycles. The van der Waals surface area contributed by atoms with Gasteiger partial charge >= 0.3 is 17.1 Å². The molecule has 29 heavy (non-hydrogen) atoms. The van der Waals surface area contributed by atoms with E-state index in [0.29, 0.717) is 44.8 Å². The smallest absolute Gasteiger partial charge is 0.702 e. The van der Waals surface area contributed by atoms with Crippen LogP contribution in [0, 0.1) is 24.3 Å². The molecule has 0 saturated heterocycles. The largest absolute Gasteiger partial charge is 3.00 e. The van der Waals surface area contributed by atoms with Crippen LogP contribution in [-0.2, 0) is 148 Å². The molecule has 0 aromatic carbocycles.